The first-order chi connectivity index (χ1) is 16.5. The highest BCUT2D eigenvalue weighted by atomic mass is 16.3. The van der Waals surface area contributed by atoms with Crippen molar-refractivity contribution in [2.24, 2.45) is 45.8 Å². The maximum atomic E-state index is 12.0. The van der Waals surface area contributed by atoms with Crippen molar-refractivity contribution in [1.29, 1.82) is 0 Å². The van der Waals surface area contributed by atoms with Crippen LogP contribution in [0, 0.1) is 45.8 Å². The van der Waals surface area contributed by atoms with Gasteiger partial charge in [0.05, 0.1) is 23.9 Å². The Morgan fingerprint density at radius 3 is 2.19 bits per heavy atom. The van der Waals surface area contributed by atoms with Gasteiger partial charge in [0.25, 0.3) is 0 Å². The molecule has 3 aliphatic rings. The summed E-state index contributed by atoms with van der Waals surface area (Å²) >= 11 is 0. The quantitative estimate of drug-likeness (QED) is 0.308. The lowest BCUT2D eigenvalue weighted by atomic mass is 9.50. The molecule has 4 N–H and O–H groups in total. The third-order valence-electron chi connectivity index (χ3n) is 11.7. The highest BCUT2D eigenvalue weighted by Gasteiger charge is 2.59. The monoisotopic (exact) mass is 504 g/mol. The molecule has 11 atom stereocenters. The minimum Gasteiger partial charge on any atom is -0.393 e. The van der Waals surface area contributed by atoms with Gasteiger partial charge in [-0.2, -0.15) is 0 Å². The molecule has 0 radical (unpaired) electrons. The molecule has 0 saturated heterocycles. The highest BCUT2D eigenvalue weighted by molar-refractivity contribution is 5.20. The number of hydrogen-bond donors (Lipinski definition) is 4. The Morgan fingerprint density at radius 1 is 0.972 bits per heavy atom. The van der Waals surface area contributed by atoms with Crippen molar-refractivity contribution >= 4 is 0 Å². The van der Waals surface area contributed by atoms with Gasteiger partial charge in [-0.1, -0.05) is 65.3 Å². The number of aliphatic hydroxyl groups is 4. The van der Waals surface area contributed by atoms with E-state index >= 15 is 0 Å². The Hall–Kier alpha value is -0.680. The first kappa shape index (κ1) is 29.9. The van der Waals surface area contributed by atoms with Crippen LogP contribution >= 0.6 is 0 Å². The zero-order chi connectivity index (χ0) is 27.3. The highest BCUT2D eigenvalue weighted by Crippen LogP contribution is 2.65. The molecule has 4 heteroatoms. The van der Waals surface area contributed by atoms with Crippen LogP contribution in [0.15, 0.2) is 23.8 Å². The number of aliphatic hydroxyl groups excluding tert-OH is 3. The average molecular weight is 505 g/mol. The lowest BCUT2D eigenvalue weighted by Crippen LogP contribution is -2.58. The number of hydrogen-bond acceptors (Lipinski definition) is 4. The molecule has 4 nitrogen and oxygen atoms in total. The second kappa shape index (κ2) is 10.5. The Kier molecular flexibility index (Phi) is 8.69. The van der Waals surface area contributed by atoms with Crippen molar-refractivity contribution in [2.75, 3.05) is 0 Å². The summed E-state index contributed by atoms with van der Waals surface area (Å²) in [5.41, 5.74) is -0.670. The first-order valence-electron chi connectivity index (χ1n) is 14.6. The second-order valence-corrected chi connectivity index (χ2v) is 14.4. The fourth-order valence-electron chi connectivity index (χ4n) is 8.71. The van der Waals surface area contributed by atoms with E-state index in [0.717, 1.165) is 50.5 Å². The average Bonchev–Trinajstić information content (AvgIpc) is 3.11. The number of allylic oxidation sites excluding steroid dienone is 2. The van der Waals surface area contributed by atoms with Gasteiger partial charge < -0.3 is 20.4 Å². The summed E-state index contributed by atoms with van der Waals surface area (Å²) in [6.45, 7) is 19.1. The molecule has 3 saturated carbocycles. The van der Waals surface area contributed by atoms with Gasteiger partial charge >= 0.3 is 0 Å². The zero-order valence-corrected chi connectivity index (χ0v) is 24.6. The van der Waals surface area contributed by atoms with Crippen LogP contribution < -0.4 is 0 Å². The first-order valence-corrected chi connectivity index (χ1v) is 14.6. The van der Waals surface area contributed by atoms with Crippen molar-refractivity contribution < 1.29 is 20.4 Å². The molecule has 0 spiro atoms. The van der Waals surface area contributed by atoms with Gasteiger partial charge in [0.2, 0.25) is 0 Å². The smallest absolute Gasteiger partial charge is 0.0928 e. The molecule has 3 aliphatic carbocycles. The van der Waals surface area contributed by atoms with Crippen molar-refractivity contribution in [3.8, 4) is 0 Å². The molecule has 0 aromatic rings. The van der Waals surface area contributed by atoms with E-state index in [0.29, 0.717) is 17.8 Å². The summed E-state index contributed by atoms with van der Waals surface area (Å²) in [6.07, 6.45) is 11.5. The van der Waals surface area contributed by atoms with Gasteiger partial charge in [0.15, 0.2) is 0 Å². The standard InChI is InChI=1S/C32H56O4/c1-20(2)18-24(34)19-21(3)25-11-12-26-27(30(8,23(5)33)16-17-31(25,26)9)14-15-32(36)22(4)10-13-28(35)29(32,6)7/h14-15,18,21-28,33-36H,10-13,16-17,19H2,1-9H3/b15-14-. The molecule has 36 heavy (non-hydrogen) atoms. The van der Waals surface area contributed by atoms with Crippen molar-refractivity contribution in [2.45, 2.75) is 131 Å². The molecular formula is C32H56O4. The van der Waals surface area contributed by atoms with E-state index in [1.807, 2.05) is 46.8 Å². The lowest BCUT2D eigenvalue weighted by Gasteiger charge is -2.56. The summed E-state index contributed by atoms with van der Waals surface area (Å²) in [5, 5.41) is 44.4. The van der Waals surface area contributed by atoms with E-state index in [4.69, 9.17) is 0 Å². The van der Waals surface area contributed by atoms with Gasteiger partial charge in [-0.05, 0) is 106 Å². The molecule has 11 unspecified atom stereocenters. The predicted octanol–water partition coefficient (Wildman–Crippen LogP) is 6.27. The SMILES string of the molecule is CC(C)=CC(O)CC(C)C1CCC2C(/C=C\C3(O)C(C)CCC(O)C3(C)C)C(C)(C(C)O)CCC12C. The largest absolute Gasteiger partial charge is 0.393 e. The molecule has 0 aromatic heterocycles. The van der Waals surface area contributed by atoms with Crippen LogP contribution in [-0.2, 0) is 0 Å². The van der Waals surface area contributed by atoms with E-state index in [2.05, 4.69) is 33.8 Å². The van der Waals surface area contributed by atoms with E-state index in [1.54, 1.807) is 0 Å². The Bertz CT molecular complexity index is 826. The lowest BCUT2D eigenvalue weighted by molar-refractivity contribution is -0.154. The number of rotatable bonds is 7. The molecule has 0 amide bonds. The van der Waals surface area contributed by atoms with Gasteiger partial charge in [-0.3, -0.25) is 0 Å². The van der Waals surface area contributed by atoms with Crippen LogP contribution in [0.4, 0.5) is 0 Å². The van der Waals surface area contributed by atoms with Crippen molar-refractivity contribution in [1.82, 2.24) is 0 Å². The topological polar surface area (TPSA) is 80.9 Å². The van der Waals surface area contributed by atoms with Gasteiger partial charge in [0, 0.05) is 5.41 Å². The molecule has 3 rings (SSSR count). The molecule has 208 valence electrons. The zero-order valence-electron chi connectivity index (χ0n) is 24.6. The van der Waals surface area contributed by atoms with Gasteiger partial charge in [-0.25, -0.2) is 0 Å². The Balaban J connectivity index is 1.94. The molecule has 0 bridgehead atoms. The van der Waals surface area contributed by atoms with Crippen LogP contribution in [-0.4, -0.2) is 44.3 Å². The van der Waals surface area contributed by atoms with Crippen LogP contribution in [0.5, 0.6) is 0 Å². The Morgan fingerprint density at radius 2 is 1.61 bits per heavy atom. The van der Waals surface area contributed by atoms with Crippen LogP contribution in [0.2, 0.25) is 0 Å². The summed E-state index contributed by atoms with van der Waals surface area (Å²) < 4.78 is 0. The van der Waals surface area contributed by atoms with E-state index in [9.17, 15) is 20.4 Å². The van der Waals surface area contributed by atoms with Gasteiger partial charge in [-0.15, -0.1) is 0 Å². The predicted molar refractivity (Wildman–Crippen MR) is 148 cm³/mol. The third-order valence-corrected chi connectivity index (χ3v) is 11.7. The van der Waals surface area contributed by atoms with E-state index in [1.165, 1.54) is 0 Å². The fraction of sp³-hybridized carbons (Fsp3) is 0.875. The maximum absolute atomic E-state index is 12.0. The van der Waals surface area contributed by atoms with Crippen LogP contribution in [0.25, 0.3) is 0 Å². The molecule has 0 heterocycles. The molecular weight excluding hydrogens is 448 g/mol. The summed E-state index contributed by atoms with van der Waals surface area (Å²) in [5.74, 6) is 1.59. The van der Waals surface area contributed by atoms with Crippen molar-refractivity contribution in [3.63, 3.8) is 0 Å². The van der Waals surface area contributed by atoms with E-state index in [-0.39, 0.29) is 22.7 Å². The molecule has 0 aromatic carbocycles. The maximum Gasteiger partial charge on any atom is 0.0928 e. The van der Waals surface area contributed by atoms with Crippen molar-refractivity contribution in [3.05, 3.63) is 23.8 Å². The normalized spacial score (nSPS) is 45.2. The fourth-order valence-corrected chi connectivity index (χ4v) is 8.71. The Labute approximate surface area is 221 Å². The van der Waals surface area contributed by atoms with Crippen LogP contribution in [0.3, 0.4) is 0 Å². The summed E-state index contributed by atoms with van der Waals surface area (Å²) in [7, 11) is 0. The summed E-state index contributed by atoms with van der Waals surface area (Å²) in [6, 6.07) is 0. The van der Waals surface area contributed by atoms with Gasteiger partial charge in [0.1, 0.15) is 0 Å². The third kappa shape index (κ3) is 5.01. The summed E-state index contributed by atoms with van der Waals surface area (Å²) in [4.78, 5) is 0. The molecule has 0 aliphatic heterocycles. The van der Waals surface area contributed by atoms with Crippen LogP contribution in [0.1, 0.15) is 107 Å². The van der Waals surface area contributed by atoms with E-state index < -0.39 is 29.3 Å². The minimum atomic E-state index is -1.09. The number of fused-ring (bicyclic) bond motifs is 1. The molecule has 3 fully saturated rings. The minimum absolute atomic E-state index is 0.0628. The second-order valence-electron chi connectivity index (χ2n) is 14.4.